The number of piperazine rings is 1. The van der Waals surface area contributed by atoms with Gasteiger partial charge in [0.05, 0.1) is 18.1 Å². The van der Waals surface area contributed by atoms with E-state index in [9.17, 15) is 14.0 Å². The standard InChI is InChI=1S/C36H39F3N6O5S/c1-16-29-22-12-10-19(45(22)34(47)50-36(5,6)7)15-44(29)30-24-28(42-32(43-30)51-8)26(39)27(41-31(24)48-16)20-14-18(40-33(46)49-35(2,3)4)13-17-9-11-21(37)25(38)23(17)20/h9,11,13-14,16,19,22,29H,10,12,15H2,1-8H3,(H,40,46)/t16-,19+,22-,29+/m0/s1. The van der Waals surface area contributed by atoms with E-state index in [1.54, 1.807) is 31.9 Å². The topological polar surface area (TPSA) is 119 Å². The maximum Gasteiger partial charge on any atom is 0.412 e. The van der Waals surface area contributed by atoms with Gasteiger partial charge in [-0.2, -0.15) is 0 Å². The van der Waals surface area contributed by atoms with Gasteiger partial charge in [0.2, 0.25) is 5.88 Å². The normalized spacial score (nSPS) is 21.3. The van der Waals surface area contributed by atoms with E-state index in [0.717, 1.165) is 12.5 Å². The van der Waals surface area contributed by atoms with Crippen LogP contribution in [0.1, 0.15) is 61.3 Å². The minimum atomic E-state index is -1.21. The van der Waals surface area contributed by atoms with Crippen LogP contribution in [0.5, 0.6) is 5.88 Å². The second-order valence-corrected chi connectivity index (χ2v) is 15.9. The largest absolute Gasteiger partial charge is 0.472 e. The summed E-state index contributed by atoms with van der Waals surface area (Å²) in [5.41, 5.74) is -1.97. The molecule has 5 heterocycles. The predicted molar refractivity (Wildman–Crippen MR) is 188 cm³/mol. The van der Waals surface area contributed by atoms with Gasteiger partial charge >= 0.3 is 12.2 Å². The highest BCUT2D eigenvalue weighted by Crippen LogP contribution is 2.47. The Hall–Kier alpha value is -4.53. The number of fused-ring (bicyclic) bond motifs is 6. The molecule has 3 aliphatic heterocycles. The molecule has 2 fully saturated rings. The summed E-state index contributed by atoms with van der Waals surface area (Å²) in [4.78, 5) is 44.1. The number of carbonyl (C=O) groups is 2. The van der Waals surface area contributed by atoms with Crippen molar-refractivity contribution in [2.45, 2.75) is 102 Å². The third-order valence-electron chi connectivity index (χ3n) is 9.17. The number of aromatic nitrogens is 3. The first-order valence-electron chi connectivity index (χ1n) is 16.8. The fourth-order valence-corrected chi connectivity index (χ4v) is 7.73. The molecule has 0 radical (unpaired) electrons. The molecule has 0 aliphatic carbocycles. The van der Waals surface area contributed by atoms with E-state index in [0.29, 0.717) is 18.8 Å². The zero-order valence-corrected chi connectivity index (χ0v) is 30.4. The van der Waals surface area contributed by atoms with E-state index in [-0.39, 0.29) is 61.7 Å². The van der Waals surface area contributed by atoms with E-state index < -0.39 is 53.0 Å². The van der Waals surface area contributed by atoms with Gasteiger partial charge in [-0.25, -0.2) is 37.7 Å². The number of rotatable bonds is 3. The molecule has 51 heavy (non-hydrogen) atoms. The Balaban J connectivity index is 1.41. The molecule has 2 saturated heterocycles. The molecule has 4 atom stereocenters. The van der Waals surface area contributed by atoms with Crippen molar-refractivity contribution in [2.75, 3.05) is 23.0 Å². The van der Waals surface area contributed by atoms with Crippen LogP contribution in [-0.4, -0.2) is 80.3 Å². The molecule has 2 aromatic heterocycles. The number of ether oxygens (including phenoxy) is 3. The fraction of sp³-hybridized carbons (Fsp3) is 0.472. The molecule has 2 aromatic carbocycles. The number of thioether (sulfide) groups is 1. The maximum absolute atomic E-state index is 17.1. The SMILES string of the molecule is CSc1nc2c3c(nc(-c4cc(NC(=O)OC(C)(C)C)cc5ccc(F)c(F)c45)c(F)c3n1)O[C@@H](C)[C@@H]1[C@@H]3CC[C@H](CN21)N3C(=O)OC(C)(C)C. The number of pyridine rings is 1. The summed E-state index contributed by atoms with van der Waals surface area (Å²) in [5.74, 6) is -2.85. The average Bonchev–Trinajstić information content (AvgIpc) is 3.28. The van der Waals surface area contributed by atoms with Crippen molar-refractivity contribution in [2.24, 2.45) is 0 Å². The zero-order valence-electron chi connectivity index (χ0n) is 29.6. The van der Waals surface area contributed by atoms with Crippen LogP contribution in [0.25, 0.3) is 32.9 Å². The van der Waals surface area contributed by atoms with E-state index in [1.165, 1.54) is 30.0 Å². The van der Waals surface area contributed by atoms with E-state index in [2.05, 4.69) is 20.2 Å². The third kappa shape index (κ3) is 6.23. The number of hydrogen-bond donors (Lipinski definition) is 1. The van der Waals surface area contributed by atoms with Crippen LogP contribution in [0.15, 0.2) is 29.4 Å². The minimum absolute atomic E-state index is 0.00103. The lowest BCUT2D eigenvalue weighted by Crippen LogP contribution is -2.65. The monoisotopic (exact) mass is 724 g/mol. The Kier molecular flexibility index (Phi) is 8.42. The fourth-order valence-electron chi connectivity index (χ4n) is 7.37. The number of amides is 2. The van der Waals surface area contributed by atoms with Crippen LogP contribution < -0.4 is 15.0 Å². The van der Waals surface area contributed by atoms with E-state index in [1.807, 2.05) is 27.7 Å². The molecule has 0 saturated carbocycles. The van der Waals surface area contributed by atoms with Crippen LogP contribution in [0.3, 0.4) is 0 Å². The number of hydrogen-bond acceptors (Lipinski definition) is 10. The number of halogens is 3. The Morgan fingerprint density at radius 3 is 2.37 bits per heavy atom. The lowest BCUT2D eigenvalue weighted by Gasteiger charge is -2.48. The second kappa shape index (κ2) is 12.3. The molecule has 0 unspecified atom stereocenters. The van der Waals surface area contributed by atoms with Gasteiger partial charge in [-0.05, 0) is 91.1 Å². The molecule has 7 rings (SSSR count). The number of anilines is 2. The summed E-state index contributed by atoms with van der Waals surface area (Å²) < 4.78 is 65.2. The molecule has 4 aromatic rings. The summed E-state index contributed by atoms with van der Waals surface area (Å²) in [5, 5.41) is 3.06. The van der Waals surface area contributed by atoms with E-state index in [4.69, 9.17) is 19.2 Å². The quantitative estimate of drug-likeness (QED) is 0.164. The molecular formula is C36H39F3N6O5S. The molecule has 3 aliphatic rings. The van der Waals surface area contributed by atoms with Crippen molar-refractivity contribution >= 4 is 57.1 Å². The lowest BCUT2D eigenvalue weighted by molar-refractivity contribution is 0.000928. The Labute approximate surface area is 297 Å². The number of nitrogens with zero attached hydrogens (tertiary/aromatic N) is 5. The first-order valence-corrected chi connectivity index (χ1v) is 18.0. The highest BCUT2D eigenvalue weighted by Gasteiger charge is 2.53. The number of benzene rings is 2. The molecule has 1 N–H and O–H groups in total. The number of carbonyl (C=O) groups excluding carboxylic acids is 2. The van der Waals surface area contributed by atoms with E-state index >= 15 is 8.78 Å². The van der Waals surface area contributed by atoms with Crippen molar-refractivity contribution in [3.05, 3.63) is 41.7 Å². The second-order valence-electron chi connectivity index (χ2n) is 15.1. The Morgan fingerprint density at radius 2 is 1.69 bits per heavy atom. The van der Waals surface area contributed by atoms with Gasteiger partial charge in [0.25, 0.3) is 0 Å². The first kappa shape index (κ1) is 34.9. The van der Waals surface area contributed by atoms with Crippen LogP contribution in [0.4, 0.5) is 34.3 Å². The molecule has 2 amide bonds. The summed E-state index contributed by atoms with van der Waals surface area (Å²) in [7, 11) is 0. The summed E-state index contributed by atoms with van der Waals surface area (Å²) in [6, 6.07) is 4.16. The van der Waals surface area contributed by atoms with Gasteiger partial charge in [-0.1, -0.05) is 17.8 Å². The van der Waals surface area contributed by atoms with Crippen LogP contribution in [-0.2, 0) is 9.47 Å². The van der Waals surface area contributed by atoms with Crippen LogP contribution >= 0.6 is 11.8 Å². The average molecular weight is 725 g/mol. The van der Waals surface area contributed by atoms with Crippen molar-refractivity contribution in [1.29, 1.82) is 0 Å². The van der Waals surface area contributed by atoms with Crippen molar-refractivity contribution in [3.8, 4) is 17.1 Å². The van der Waals surface area contributed by atoms with Crippen molar-refractivity contribution in [1.82, 2.24) is 19.9 Å². The molecule has 270 valence electrons. The first-order chi connectivity index (χ1) is 23.9. The molecule has 2 bridgehead atoms. The lowest BCUT2D eigenvalue weighted by atomic mass is 9.98. The summed E-state index contributed by atoms with van der Waals surface area (Å²) in [6.45, 7) is 12.8. The zero-order chi connectivity index (χ0) is 36.7. The highest BCUT2D eigenvalue weighted by atomic mass is 32.2. The molecule has 11 nitrogen and oxygen atoms in total. The maximum atomic E-state index is 17.1. The van der Waals surface area contributed by atoms with Crippen molar-refractivity contribution in [3.63, 3.8) is 0 Å². The van der Waals surface area contributed by atoms with Gasteiger partial charge in [0.15, 0.2) is 22.6 Å². The van der Waals surface area contributed by atoms with Gasteiger partial charge in [0.1, 0.15) is 39.7 Å². The highest BCUT2D eigenvalue weighted by molar-refractivity contribution is 7.98. The van der Waals surface area contributed by atoms with Gasteiger partial charge in [-0.15, -0.1) is 0 Å². The molecular weight excluding hydrogens is 685 g/mol. The van der Waals surface area contributed by atoms with Gasteiger partial charge in [-0.3, -0.25) is 10.2 Å². The molecule has 0 spiro atoms. The smallest absolute Gasteiger partial charge is 0.412 e. The third-order valence-corrected chi connectivity index (χ3v) is 9.71. The predicted octanol–water partition coefficient (Wildman–Crippen LogP) is 8.07. The van der Waals surface area contributed by atoms with Crippen molar-refractivity contribution < 1.29 is 37.0 Å². The van der Waals surface area contributed by atoms with Crippen LogP contribution in [0.2, 0.25) is 0 Å². The Bertz CT molecular complexity index is 2100. The van der Waals surface area contributed by atoms with Gasteiger partial charge in [0, 0.05) is 23.2 Å². The molecule has 15 heteroatoms. The summed E-state index contributed by atoms with van der Waals surface area (Å²) in [6.07, 6.45) is 1.41. The number of nitrogens with one attached hydrogen (secondary N) is 1. The van der Waals surface area contributed by atoms with Gasteiger partial charge < -0.3 is 19.1 Å². The minimum Gasteiger partial charge on any atom is -0.472 e. The van der Waals surface area contributed by atoms with Crippen LogP contribution in [0, 0.1) is 17.5 Å². The Morgan fingerprint density at radius 1 is 0.961 bits per heavy atom. The summed E-state index contributed by atoms with van der Waals surface area (Å²) >= 11 is 1.22.